The van der Waals surface area contributed by atoms with E-state index < -0.39 is 0 Å². The number of thiophene rings is 1. The zero-order chi connectivity index (χ0) is 15.5. The summed E-state index contributed by atoms with van der Waals surface area (Å²) in [5, 5.41) is 13.6. The van der Waals surface area contributed by atoms with Crippen LogP contribution in [0.25, 0.3) is 16.4 Å². The zero-order valence-corrected chi connectivity index (χ0v) is 12.9. The van der Waals surface area contributed by atoms with Crippen LogP contribution in [0.1, 0.15) is 5.89 Å². The number of hydrogen-bond donors (Lipinski definition) is 1. The summed E-state index contributed by atoms with van der Waals surface area (Å²) in [4.78, 5) is 5.41. The summed E-state index contributed by atoms with van der Waals surface area (Å²) >= 11 is 1.59. The number of rotatable bonds is 5. The highest BCUT2D eigenvalue weighted by Gasteiger charge is 2.10. The molecular weight excluding hydrogens is 310 g/mol. The van der Waals surface area contributed by atoms with Crippen LogP contribution in [0.4, 0.5) is 5.69 Å². The standard InChI is InChI=1S/C16H13N5OS/c1-2-6-13(21-9-4-8-18-21)12(5-1)17-11-15-19-16(20-22-15)14-7-3-10-23-14/h1-10,17H,11H2. The summed E-state index contributed by atoms with van der Waals surface area (Å²) in [6, 6.07) is 13.8. The summed E-state index contributed by atoms with van der Waals surface area (Å²) < 4.78 is 7.11. The number of hydrogen-bond acceptors (Lipinski definition) is 6. The maximum Gasteiger partial charge on any atom is 0.246 e. The second-order valence-corrected chi connectivity index (χ2v) is 5.76. The van der Waals surface area contributed by atoms with Crippen molar-refractivity contribution in [2.75, 3.05) is 5.32 Å². The van der Waals surface area contributed by atoms with Crippen LogP contribution in [0, 0.1) is 0 Å². The molecule has 0 bridgehead atoms. The van der Waals surface area contributed by atoms with Gasteiger partial charge < -0.3 is 9.84 Å². The molecule has 1 aromatic carbocycles. The van der Waals surface area contributed by atoms with Gasteiger partial charge in [0, 0.05) is 12.4 Å². The third-order valence-electron chi connectivity index (χ3n) is 3.29. The minimum atomic E-state index is 0.455. The Bertz CT molecular complexity index is 883. The lowest BCUT2D eigenvalue weighted by Crippen LogP contribution is -2.05. The van der Waals surface area contributed by atoms with Gasteiger partial charge in [-0.25, -0.2) is 4.68 Å². The maximum atomic E-state index is 5.30. The Labute approximate surface area is 136 Å². The fourth-order valence-electron chi connectivity index (χ4n) is 2.24. The van der Waals surface area contributed by atoms with Gasteiger partial charge in [-0.3, -0.25) is 0 Å². The van der Waals surface area contributed by atoms with Crippen LogP contribution in [0.3, 0.4) is 0 Å². The number of nitrogens with one attached hydrogen (secondary N) is 1. The second-order valence-electron chi connectivity index (χ2n) is 4.81. The lowest BCUT2D eigenvalue weighted by molar-refractivity contribution is 0.384. The Morgan fingerprint density at radius 3 is 2.91 bits per heavy atom. The molecular formula is C16H13N5OS. The minimum Gasteiger partial charge on any atom is -0.374 e. The fourth-order valence-corrected chi connectivity index (χ4v) is 2.89. The predicted molar refractivity (Wildman–Crippen MR) is 88.5 cm³/mol. The molecule has 114 valence electrons. The zero-order valence-electron chi connectivity index (χ0n) is 12.1. The molecule has 0 radical (unpaired) electrons. The van der Waals surface area contributed by atoms with Gasteiger partial charge in [-0.05, 0) is 29.6 Å². The number of nitrogens with zero attached hydrogens (tertiary/aromatic N) is 4. The molecule has 23 heavy (non-hydrogen) atoms. The van der Waals surface area contributed by atoms with Gasteiger partial charge in [0.15, 0.2) is 0 Å². The molecule has 6 nitrogen and oxygen atoms in total. The van der Waals surface area contributed by atoms with Gasteiger partial charge in [-0.1, -0.05) is 23.4 Å². The van der Waals surface area contributed by atoms with Crippen LogP contribution >= 0.6 is 11.3 Å². The topological polar surface area (TPSA) is 68.8 Å². The van der Waals surface area contributed by atoms with E-state index in [0.29, 0.717) is 18.3 Å². The van der Waals surface area contributed by atoms with Crippen LogP contribution in [0.5, 0.6) is 0 Å². The van der Waals surface area contributed by atoms with Gasteiger partial charge in [0.2, 0.25) is 11.7 Å². The molecule has 0 aliphatic heterocycles. The molecule has 3 aromatic heterocycles. The van der Waals surface area contributed by atoms with Crippen LogP contribution in [0.2, 0.25) is 0 Å². The SMILES string of the molecule is c1csc(-c2noc(CNc3ccccc3-n3cccn3)n2)c1. The van der Waals surface area contributed by atoms with E-state index >= 15 is 0 Å². The summed E-state index contributed by atoms with van der Waals surface area (Å²) in [6.45, 7) is 0.455. The van der Waals surface area contributed by atoms with E-state index in [2.05, 4.69) is 20.6 Å². The Morgan fingerprint density at radius 1 is 1.13 bits per heavy atom. The second kappa shape index (κ2) is 6.05. The van der Waals surface area contributed by atoms with Crippen molar-refractivity contribution in [3.05, 3.63) is 66.1 Å². The van der Waals surface area contributed by atoms with Crippen molar-refractivity contribution in [2.45, 2.75) is 6.54 Å². The first kappa shape index (κ1) is 13.7. The van der Waals surface area contributed by atoms with Gasteiger partial charge in [0.1, 0.15) is 0 Å². The van der Waals surface area contributed by atoms with Gasteiger partial charge in [-0.2, -0.15) is 10.1 Å². The van der Waals surface area contributed by atoms with E-state index in [-0.39, 0.29) is 0 Å². The molecule has 3 heterocycles. The molecule has 4 rings (SSSR count). The quantitative estimate of drug-likeness (QED) is 0.608. The van der Waals surface area contributed by atoms with Crippen LogP contribution in [-0.4, -0.2) is 19.9 Å². The van der Waals surface area contributed by atoms with Gasteiger partial charge in [0.25, 0.3) is 0 Å². The van der Waals surface area contributed by atoms with E-state index in [1.165, 1.54) is 0 Å². The first-order valence-corrected chi connectivity index (χ1v) is 7.97. The maximum absolute atomic E-state index is 5.30. The molecule has 0 aliphatic rings. The van der Waals surface area contributed by atoms with Gasteiger partial charge >= 0.3 is 0 Å². The largest absolute Gasteiger partial charge is 0.374 e. The molecule has 0 spiro atoms. The van der Waals surface area contributed by atoms with E-state index in [4.69, 9.17) is 4.52 Å². The molecule has 0 amide bonds. The highest BCUT2D eigenvalue weighted by Crippen LogP contribution is 2.22. The van der Waals surface area contributed by atoms with Crippen molar-refractivity contribution in [3.8, 4) is 16.4 Å². The van der Waals surface area contributed by atoms with E-state index in [9.17, 15) is 0 Å². The molecule has 0 unspecified atom stereocenters. The summed E-state index contributed by atoms with van der Waals surface area (Å²) in [7, 11) is 0. The van der Waals surface area contributed by atoms with Crippen LogP contribution < -0.4 is 5.32 Å². The smallest absolute Gasteiger partial charge is 0.246 e. The average molecular weight is 323 g/mol. The monoisotopic (exact) mass is 323 g/mol. The fraction of sp³-hybridized carbons (Fsp3) is 0.0625. The predicted octanol–water partition coefficient (Wildman–Crippen LogP) is 3.60. The minimum absolute atomic E-state index is 0.455. The molecule has 0 saturated carbocycles. The Hall–Kier alpha value is -2.93. The lowest BCUT2D eigenvalue weighted by Gasteiger charge is -2.10. The molecule has 0 fully saturated rings. The molecule has 0 atom stereocenters. The number of benzene rings is 1. The molecule has 0 aliphatic carbocycles. The Balaban J connectivity index is 1.52. The van der Waals surface area contributed by atoms with Crippen LogP contribution in [0.15, 0.2) is 64.8 Å². The molecule has 7 heteroatoms. The summed E-state index contributed by atoms with van der Waals surface area (Å²) in [5.41, 5.74) is 1.92. The van der Waals surface area contributed by atoms with Gasteiger partial charge in [0.05, 0.1) is 22.8 Å². The van der Waals surface area contributed by atoms with Gasteiger partial charge in [-0.15, -0.1) is 11.3 Å². The molecule has 0 saturated heterocycles. The summed E-state index contributed by atoms with van der Waals surface area (Å²) in [6.07, 6.45) is 3.66. The highest BCUT2D eigenvalue weighted by molar-refractivity contribution is 7.13. The Morgan fingerprint density at radius 2 is 2.09 bits per heavy atom. The first-order valence-electron chi connectivity index (χ1n) is 7.09. The Kier molecular flexibility index (Phi) is 3.61. The first-order chi connectivity index (χ1) is 11.4. The molecule has 4 aromatic rings. The van der Waals surface area contributed by atoms with E-state index in [1.54, 1.807) is 17.5 Å². The lowest BCUT2D eigenvalue weighted by atomic mass is 10.2. The highest BCUT2D eigenvalue weighted by atomic mass is 32.1. The third-order valence-corrected chi connectivity index (χ3v) is 4.16. The van der Waals surface area contributed by atoms with Crippen molar-refractivity contribution in [1.29, 1.82) is 0 Å². The third kappa shape index (κ3) is 2.86. The van der Waals surface area contributed by atoms with E-state index in [0.717, 1.165) is 16.3 Å². The van der Waals surface area contributed by atoms with E-state index in [1.807, 2.05) is 58.7 Å². The van der Waals surface area contributed by atoms with Crippen LogP contribution in [-0.2, 0) is 6.54 Å². The van der Waals surface area contributed by atoms with Crippen molar-refractivity contribution in [1.82, 2.24) is 19.9 Å². The number of aromatic nitrogens is 4. The normalized spacial score (nSPS) is 10.8. The molecule has 1 N–H and O–H groups in total. The number of anilines is 1. The average Bonchev–Trinajstić information content (AvgIpc) is 3.35. The van der Waals surface area contributed by atoms with Crippen molar-refractivity contribution >= 4 is 17.0 Å². The van der Waals surface area contributed by atoms with Crippen molar-refractivity contribution in [2.24, 2.45) is 0 Å². The number of para-hydroxylation sites is 2. The summed E-state index contributed by atoms with van der Waals surface area (Å²) in [5.74, 6) is 1.17. The van der Waals surface area contributed by atoms with Crippen molar-refractivity contribution < 1.29 is 4.52 Å². The van der Waals surface area contributed by atoms with Crippen molar-refractivity contribution in [3.63, 3.8) is 0 Å².